The maximum absolute atomic E-state index is 12.3. The lowest BCUT2D eigenvalue weighted by molar-refractivity contribution is -0.274. The van der Waals surface area contributed by atoms with Crippen LogP contribution in [0.5, 0.6) is 5.75 Å². The molecule has 0 amide bonds. The van der Waals surface area contributed by atoms with E-state index in [0.29, 0.717) is 6.54 Å². The third kappa shape index (κ3) is 6.65. The number of anilines is 1. The van der Waals surface area contributed by atoms with Crippen molar-refractivity contribution < 1.29 is 17.9 Å². The highest BCUT2D eigenvalue weighted by atomic mass is 127. The van der Waals surface area contributed by atoms with Crippen LogP contribution in [0.1, 0.15) is 11.1 Å². The molecule has 0 radical (unpaired) electrons. The molecule has 0 aliphatic carbocycles. The van der Waals surface area contributed by atoms with Crippen LogP contribution in [0.2, 0.25) is 0 Å². The predicted molar refractivity (Wildman–Crippen MR) is 98.7 cm³/mol. The smallest absolute Gasteiger partial charge is 0.404 e. The molecular weight excluding hydrogens is 434 g/mol. The van der Waals surface area contributed by atoms with E-state index in [0.717, 1.165) is 11.1 Å². The second kappa shape index (κ2) is 8.76. The molecule has 0 saturated heterocycles. The monoisotopic (exact) mass is 451 g/mol. The number of guanidine groups is 1. The number of nitrogens with one attached hydrogen (secondary N) is 1. The summed E-state index contributed by atoms with van der Waals surface area (Å²) in [4.78, 5) is 4.10. The lowest BCUT2D eigenvalue weighted by Gasteiger charge is -2.14. The summed E-state index contributed by atoms with van der Waals surface area (Å²) in [6.07, 6.45) is -4.77. The van der Waals surface area contributed by atoms with Gasteiger partial charge < -0.3 is 15.8 Å². The third-order valence-electron chi connectivity index (χ3n) is 2.93. The van der Waals surface area contributed by atoms with Gasteiger partial charge in [0.2, 0.25) is 0 Å². The molecule has 0 fully saturated rings. The predicted octanol–water partition coefficient (Wildman–Crippen LogP) is 4.44. The molecule has 0 aliphatic heterocycles. The molecule has 0 aromatic heterocycles. The number of nitrogens with zero attached hydrogens (tertiary/aromatic N) is 1. The van der Waals surface area contributed by atoms with E-state index in [1.54, 1.807) is 6.07 Å². The Morgan fingerprint density at radius 3 is 2.38 bits per heavy atom. The molecule has 0 unspecified atom stereocenters. The summed E-state index contributed by atoms with van der Waals surface area (Å²) < 4.78 is 41.0. The van der Waals surface area contributed by atoms with Crippen molar-refractivity contribution in [1.29, 1.82) is 0 Å². The zero-order chi connectivity index (χ0) is 16.9. The van der Waals surface area contributed by atoms with Gasteiger partial charge in [-0.25, -0.2) is 4.99 Å². The van der Waals surface area contributed by atoms with E-state index < -0.39 is 6.36 Å². The molecule has 4 nitrogen and oxygen atoms in total. The maximum Gasteiger partial charge on any atom is 0.573 e. The van der Waals surface area contributed by atoms with Crippen molar-refractivity contribution in [3.8, 4) is 5.75 Å². The first kappa shape index (κ1) is 20.1. The minimum absolute atomic E-state index is 0. The number of halogens is 4. The Morgan fingerprint density at radius 2 is 1.75 bits per heavy atom. The lowest BCUT2D eigenvalue weighted by atomic mass is 10.1. The van der Waals surface area contributed by atoms with Gasteiger partial charge in [0.25, 0.3) is 0 Å². The standard InChI is InChI=1S/C16H16F3N3O.HI/c1-11-6-8-12(9-7-11)10-21-15(20)22-13-4-2-3-5-14(13)23-16(17,18)19;/h2-9H,10H2,1H3,(H3,20,21,22);1H. The van der Waals surface area contributed by atoms with Crippen LogP contribution < -0.4 is 15.8 Å². The van der Waals surface area contributed by atoms with Gasteiger partial charge in [-0.2, -0.15) is 0 Å². The topological polar surface area (TPSA) is 59.6 Å². The molecule has 130 valence electrons. The highest BCUT2D eigenvalue weighted by molar-refractivity contribution is 14.0. The van der Waals surface area contributed by atoms with Crippen LogP contribution >= 0.6 is 24.0 Å². The lowest BCUT2D eigenvalue weighted by Crippen LogP contribution is -2.24. The average Bonchev–Trinajstić information content (AvgIpc) is 2.47. The van der Waals surface area contributed by atoms with E-state index >= 15 is 0 Å². The third-order valence-corrected chi connectivity index (χ3v) is 2.93. The summed E-state index contributed by atoms with van der Waals surface area (Å²) in [5.74, 6) is -0.364. The van der Waals surface area contributed by atoms with Crippen molar-refractivity contribution >= 4 is 35.6 Å². The van der Waals surface area contributed by atoms with Crippen molar-refractivity contribution in [1.82, 2.24) is 0 Å². The van der Waals surface area contributed by atoms with Gasteiger partial charge in [0.15, 0.2) is 11.7 Å². The molecule has 2 rings (SSSR count). The van der Waals surface area contributed by atoms with Gasteiger partial charge >= 0.3 is 6.36 Å². The number of benzene rings is 2. The molecule has 0 bridgehead atoms. The van der Waals surface area contributed by atoms with Gasteiger partial charge in [-0.3, -0.25) is 0 Å². The Hall–Kier alpha value is -1.97. The second-order valence-electron chi connectivity index (χ2n) is 4.86. The van der Waals surface area contributed by atoms with E-state index in [9.17, 15) is 13.2 Å². The Bertz CT molecular complexity index is 688. The number of hydrogen-bond donors (Lipinski definition) is 2. The van der Waals surface area contributed by atoms with Crippen molar-refractivity contribution in [2.75, 3.05) is 5.32 Å². The zero-order valence-electron chi connectivity index (χ0n) is 12.8. The number of hydrogen-bond acceptors (Lipinski definition) is 2. The quantitative estimate of drug-likeness (QED) is 0.411. The molecule has 24 heavy (non-hydrogen) atoms. The Morgan fingerprint density at radius 1 is 1.12 bits per heavy atom. The molecule has 8 heteroatoms. The highest BCUT2D eigenvalue weighted by Gasteiger charge is 2.32. The van der Waals surface area contributed by atoms with Crippen LogP contribution in [0.15, 0.2) is 53.5 Å². The normalized spacial score (nSPS) is 11.6. The summed E-state index contributed by atoms with van der Waals surface area (Å²) >= 11 is 0. The number of nitrogens with two attached hydrogens (primary N) is 1. The van der Waals surface area contributed by atoms with E-state index in [-0.39, 0.29) is 41.4 Å². The Labute approximate surface area is 154 Å². The second-order valence-corrected chi connectivity index (χ2v) is 4.86. The molecule has 0 saturated carbocycles. The minimum atomic E-state index is -4.77. The van der Waals surface area contributed by atoms with E-state index in [4.69, 9.17) is 5.73 Å². The van der Waals surface area contributed by atoms with Crippen molar-refractivity contribution in [3.05, 3.63) is 59.7 Å². The van der Waals surface area contributed by atoms with E-state index in [2.05, 4.69) is 15.0 Å². The molecule has 2 aromatic carbocycles. The van der Waals surface area contributed by atoms with Gasteiger partial charge in [-0.05, 0) is 24.6 Å². The molecule has 3 N–H and O–H groups in total. The number of alkyl halides is 3. The first-order valence-electron chi connectivity index (χ1n) is 6.81. The van der Waals surface area contributed by atoms with Crippen LogP contribution in [0.25, 0.3) is 0 Å². The summed E-state index contributed by atoms with van der Waals surface area (Å²) in [6.45, 7) is 2.29. The average molecular weight is 451 g/mol. The number of rotatable bonds is 4. The first-order chi connectivity index (χ1) is 10.8. The minimum Gasteiger partial charge on any atom is -0.404 e. The molecule has 0 atom stereocenters. The fourth-order valence-electron chi connectivity index (χ4n) is 1.83. The zero-order valence-corrected chi connectivity index (χ0v) is 15.1. The van der Waals surface area contributed by atoms with Crippen LogP contribution in [0, 0.1) is 6.92 Å². The van der Waals surface area contributed by atoms with Gasteiger partial charge in [-0.1, -0.05) is 42.0 Å². The molecule has 0 aliphatic rings. The highest BCUT2D eigenvalue weighted by Crippen LogP contribution is 2.29. The number of aliphatic imine (C=N–C) groups is 1. The van der Waals surface area contributed by atoms with Crippen LogP contribution in [-0.2, 0) is 6.54 Å². The van der Waals surface area contributed by atoms with Crippen LogP contribution in [0.4, 0.5) is 18.9 Å². The fourth-order valence-corrected chi connectivity index (χ4v) is 1.83. The molecular formula is C16H17F3IN3O. The first-order valence-corrected chi connectivity index (χ1v) is 6.81. The Kier molecular flexibility index (Phi) is 7.33. The number of ether oxygens (including phenoxy) is 1. The van der Waals surface area contributed by atoms with Crippen molar-refractivity contribution in [3.63, 3.8) is 0 Å². The fraction of sp³-hybridized carbons (Fsp3) is 0.188. The van der Waals surface area contributed by atoms with Gasteiger partial charge in [0, 0.05) is 0 Å². The molecule has 0 spiro atoms. The summed E-state index contributed by atoms with van der Waals surface area (Å²) in [6, 6.07) is 13.3. The van der Waals surface area contributed by atoms with E-state index in [1.807, 2.05) is 31.2 Å². The van der Waals surface area contributed by atoms with Gasteiger partial charge in [0.1, 0.15) is 0 Å². The Balaban J connectivity index is 0.00000288. The van der Waals surface area contributed by atoms with Crippen molar-refractivity contribution in [2.24, 2.45) is 10.7 Å². The largest absolute Gasteiger partial charge is 0.573 e. The van der Waals surface area contributed by atoms with E-state index in [1.165, 1.54) is 18.2 Å². The van der Waals surface area contributed by atoms with Crippen LogP contribution in [0.3, 0.4) is 0 Å². The van der Waals surface area contributed by atoms with Gasteiger partial charge in [0.05, 0.1) is 12.2 Å². The summed E-state index contributed by atoms with van der Waals surface area (Å²) in [5.41, 5.74) is 7.88. The number of aryl methyl sites for hydroxylation is 1. The molecule has 2 aromatic rings. The summed E-state index contributed by atoms with van der Waals surface area (Å²) in [7, 11) is 0. The molecule has 0 heterocycles. The van der Waals surface area contributed by atoms with Gasteiger partial charge in [-0.15, -0.1) is 37.1 Å². The van der Waals surface area contributed by atoms with Crippen molar-refractivity contribution in [2.45, 2.75) is 19.8 Å². The SMILES string of the molecule is Cc1ccc(CN=C(N)Nc2ccccc2OC(F)(F)F)cc1.I. The number of para-hydroxylation sites is 2. The summed E-state index contributed by atoms with van der Waals surface area (Å²) in [5, 5.41) is 2.62. The maximum atomic E-state index is 12.3. The van der Waals surface area contributed by atoms with Crippen LogP contribution in [-0.4, -0.2) is 12.3 Å².